The van der Waals surface area contributed by atoms with Crippen molar-refractivity contribution in [3.8, 4) is 0 Å². The van der Waals surface area contributed by atoms with E-state index >= 15 is 0 Å². The molecule has 0 aromatic heterocycles. The average Bonchev–Trinajstić information content (AvgIpc) is 2.46. The lowest BCUT2D eigenvalue weighted by molar-refractivity contribution is -0.136. The molecule has 1 heterocycles. The monoisotopic (exact) mass is 248 g/mol. The molecule has 0 saturated carbocycles. The zero-order valence-electron chi connectivity index (χ0n) is 10.8. The van der Waals surface area contributed by atoms with Crippen molar-refractivity contribution in [2.75, 3.05) is 31.6 Å². The van der Waals surface area contributed by atoms with Gasteiger partial charge in [-0.25, -0.2) is 0 Å². The van der Waals surface area contributed by atoms with Gasteiger partial charge in [0.25, 0.3) is 0 Å². The van der Waals surface area contributed by atoms with E-state index in [1.54, 1.807) is 0 Å². The molecule has 0 spiro atoms. The van der Waals surface area contributed by atoms with Gasteiger partial charge in [-0.15, -0.1) is 0 Å². The SMILES string of the molecule is CCC(Nc1ccccc1)C(=O)N1CCOCC1. The predicted molar refractivity (Wildman–Crippen MR) is 71.5 cm³/mol. The number of nitrogens with one attached hydrogen (secondary N) is 1. The Morgan fingerprint density at radius 1 is 1.33 bits per heavy atom. The summed E-state index contributed by atoms with van der Waals surface area (Å²) >= 11 is 0. The van der Waals surface area contributed by atoms with Crippen molar-refractivity contribution in [3.05, 3.63) is 30.3 Å². The number of benzene rings is 1. The Hall–Kier alpha value is -1.55. The van der Waals surface area contributed by atoms with E-state index in [0.717, 1.165) is 12.1 Å². The van der Waals surface area contributed by atoms with Crippen molar-refractivity contribution in [3.63, 3.8) is 0 Å². The molecule has 0 aliphatic carbocycles. The average molecular weight is 248 g/mol. The quantitative estimate of drug-likeness (QED) is 0.882. The highest BCUT2D eigenvalue weighted by Crippen LogP contribution is 2.11. The predicted octanol–water partition coefficient (Wildman–Crippen LogP) is 1.74. The zero-order chi connectivity index (χ0) is 12.8. The summed E-state index contributed by atoms with van der Waals surface area (Å²) < 4.78 is 5.27. The number of amides is 1. The van der Waals surface area contributed by atoms with Crippen LogP contribution in [0.5, 0.6) is 0 Å². The van der Waals surface area contributed by atoms with E-state index < -0.39 is 0 Å². The Bertz CT molecular complexity index is 375. The van der Waals surface area contributed by atoms with E-state index in [1.807, 2.05) is 42.2 Å². The van der Waals surface area contributed by atoms with Crippen LogP contribution in [0.2, 0.25) is 0 Å². The summed E-state index contributed by atoms with van der Waals surface area (Å²) in [5, 5.41) is 3.29. The topological polar surface area (TPSA) is 41.6 Å². The smallest absolute Gasteiger partial charge is 0.245 e. The Kier molecular flexibility index (Phi) is 4.59. The van der Waals surface area contributed by atoms with Crippen LogP contribution in [0.3, 0.4) is 0 Å². The lowest BCUT2D eigenvalue weighted by Gasteiger charge is -2.30. The van der Waals surface area contributed by atoms with Crippen LogP contribution in [-0.2, 0) is 9.53 Å². The third-order valence-electron chi connectivity index (χ3n) is 3.14. The molecule has 4 heteroatoms. The van der Waals surface area contributed by atoms with Crippen LogP contribution >= 0.6 is 0 Å². The number of rotatable bonds is 4. The van der Waals surface area contributed by atoms with Gasteiger partial charge in [-0.2, -0.15) is 0 Å². The normalized spacial score (nSPS) is 17.3. The second kappa shape index (κ2) is 6.40. The Labute approximate surface area is 108 Å². The molecular formula is C14H20N2O2. The molecule has 1 aromatic carbocycles. The number of hydrogen-bond donors (Lipinski definition) is 1. The summed E-state index contributed by atoms with van der Waals surface area (Å²) in [6.45, 7) is 4.72. The number of anilines is 1. The zero-order valence-corrected chi connectivity index (χ0v) is 10.8. The molecule has 1 atom stereocenters. The van der Waals surface area contributed by atoms with E-state index in [0.29, 0.717) is 26.3 Å². The molecule has 2 rings (SSSR count). The minimum absolute atomic E-state index is 0.148. The van der Waals surface area contributed by atoms with Crippen LogP contribution in [0, 0.1) is 0 Å². The molecular weight excluding hydrogens is 228 g/mol. The lowest BCUT2D eigenvalue weighted by atomic mass is 10.1. The molecule has 1 aromatic rings. The number of para-hydroxylation sites is 1. The van der Waals surface area contributed by atoms with Gasteiger partial charge in [0.05, 0.1) is 13.2 Å². The van der Waals surface area contributed by atoms with Crippen LogP contribution in [-0.4, -0.2) is 43.2 Å². The van der Waals surface area contributed by atoms with Crippen molar-refractivity contribution in [1.82, 2.24) is 4.90 Å². The summed E-state index contributed by atoms with van der Waals surface area (Å²) in [7, 11) is 0. The standard InChI is InChI=1S/C14H20N2O2/c1-2-13(15-12-6-4-3-5-7-12)14(17)16-8-10-18-11-9-16/h3-7,13,15H,2,8-11H2,1H3. The van der Waals surface area contributed by atoms with Crippen molar-refractivity contribution < 1.29 is 9.53 Å². The molecule has 0 bridgehead atoms. The summed E-state index contributed by atoms with van der Waals surface area (Å²) in [6.07, 6.45) is 0.783. The second-order valence-electron chi connectivity index (χ2n) is 4.41. The maximum Gasteiger partial charge on any atom is 0.245 e. The minimum Gasteiger partial charge on any atom is -0.378 e. The number of hydrogen-bond acceptors (Lipinski definition) is 3. The van der Waals surface area contributed by atoms with Gasteiger partial charge in [-0.05, 0) is 18.6 Å². The first-order chi connectivity index (χ1) is 8.81. The van der Waals surface area contributed by atoms with E-state index in [1.165, 1.54) is 0 Å². The first kappa shape index (κ1) is 12.9. The fourth-order valence-electron chi connectivity index (χ4n) is 2.08. The van der Waals surface area contributed by atoms with Crippen LogP contribution in [0.15, 0.2) is 30.3 Å². The highest BCUT2D eigenvalue weighted by molar-refractivity contribution is 5.84. The highest BCUT2D eigenvalue weighted by atomic mass is 16.5. The second-order valence-corrected chi connectivity index (χ2v) is 4.41. The summed E-state index contributed by atoms with van der Waals surface area (Å²) in [6, 6.07) is 9.72. The van der Waals surface area contributed by atoms with E-state index in [-0.39, 0.29) is 11.9 Å². The van der Waals surface area contributed by atoms with Gasteiger partial charge in [0, 0.05) is 18.8 Å². The first-order valence-corrected chi connectivity index (χ1v) is 6.49. The van der Waals surface area contributed by atoms with Gasteiger partial charge >= 0.3 is 0 Å². The molecule has 18 heavy (non-hydrogen) atoms. The van der Waals surface area contributed by atoms with Crippen LogP contribution in [0.4, 0.5) is 5.69 Å². The maximum absolute atomic E-state index is 12.3. The van der Waals surface area contributed by atoms with Crippen molar-refractivity contribution in [1.29, 1.82) is 0 Å². The van der Waals surface area contributed by atoms with Crippen molar-refractivity contribution >= 4 is 11.6 Å². The van der Waals surface area contributed by atoms with Crippen molar-refractivity contribution in [2.24, 2.45) is 0 Å². The molecule has 1 N–H and O–H groups in total. The molecule has 1 amide bonds. The molecule has 1 saturated heterocycles. The van der Waals surface area contributed by atoms with E-state index in [2.05, 4.69) is 5.32 Å². The number of carbonyl (C=O) groups excluding carboxylic acids is 1. The lowest BCUT2D eigenvalue weighted by Crippen LogP contribution is -2.47. The highest BCUT2D eigenvalue weighted by Gasteiger charge is 2.24. The largest absolute Gasteiger partial charge is 0.378 e. The maximum atomic E-state index is 12.3. The Morgan fingerprint density at radius 3 is 2.61 bits per heavy atom. The van der Waals surface area contributed by atoms with Gasteiger partial charge in [0.2, 0.25) is 5.91 Å². The number of morpholine rings is 1. The summed E-state index contributed by atoms with van der Waals surface area (Å²) in [4.78, 5) is 14.2. The molecule has 1 unspecified atom stereocenters. The fourth-order valence-corrected chi connectivity index (χ4v) is 2.08. The Balaban J connectivity index is 1.97. The molecule has 1 fully saturated rings. The van der Waals surface area contributed by atoms with Gasteiger partial charge in [-0.3, -0.25) is 4.79 Å². The fraction of sp³-hybridized carbons (Fsp3) is 0.500. The number of carbonyl (C=O) groups is 1. The third-order valence-corrected chi connectivity index (χ3v) is 3.14. The molecule has 1 aliphatic rings. The molecule has 4 nitrogen and oxygen atoms in total. The summed E-state index contributed by atoms with van der Waals surface area (Å²) in [5.74, 6) is 0.171. The third kappa shape index (κ3) is 3.23. The number of nitrogens with zero attached hydrogens (tertiary/aromatic N) is 1. The minimum atomic E-state index is -0.148. The van der Waals surface area contributed by atoms with Gasteiger partial charge in [-0.1, -0.05) is 25.1 Å². The number of ether oxygens (including phenoxy) is 1. The van der Waals surface area contributed by atoms with Crippen LogP contribution in [0.25, 0.3) is 0 Å². The van der Waals surface area contributed by atoms with Crippen molar-refractivity contribution in [2.45, 2.75) is 19.4 Å². The molecule has 0 radical (unpaired) electrons. The van der Waals surface area contributed by atoms with E-state index in [9.17, 15) is 4.79 Å². The van der Waals surface area contributed by atoms with E-state index in [4.69, 9.17) is 4.74 Å². The molecule has 98 valence electrons. The summed E-state index contributed by atoms with van der Waals surface area (Å²) in [5.41, 5.74) is 0.992. The Morgan fingerprint density at radius 2 is 2.00 bits per heavy atom. The van der Waals surface area contributed by atoms with Gasteiger partial charge in [0.1, 0.15) is 6.04 Å². The first-order valence-electron chi connectivity index (χ1n) is 6.49. The van der Waals surface area contributed by atoms with Crippen LogP contribution < -0.4 is 5.32 Å². The van der Waals surface area contributed by atoms with Gasteiger partial charge < -0.3 is 15.0 Å². The van der Waals surface area contributed by atoms with Crippen LogP contribution in [0.1, 0.15) is 13.3 Å². The van der Waals surface area contributed by atoms with Gasteiger partial charge in [0.15, 0.2) is 0 Å². The molecule has 1 aliphatic heterocycles.